The molecular formula is C16H19BrO4. The molecule has 0 bridgehead atoms. The van der Waals surface area contributed by atoms with Gasteiger partial charge in [0, 0.05) is 15.5 Å². The zero-order valence-electron chi connectivity index (χ0n) is 12.2. The molecule has 0 saturated heterocycles. The first-order valence-electron chi connectivity index (χ1n) is 7.29. The van der Waals surface area contributed by atoms with Gasteiger partial charge in [0.05, 0.1) is 6.42 Å². The third-order valence-corrected chi connectivity index (χ3v) is 4.90. The van der Waals surface area contributed by atoms with Crippen molar-refractivity contribution < 1.29 is 19.4 Å². The number of aliphatic carboxylic acids is 1. The van der Waals surface area contributed by atoms with Crippen molar-refractivity contribution in [3.05, 3.63) is 21.7 Å². The van der Waals surface area contributed by atoms with Crippen molar-refractivity contribution in [2.45, 2.75) is 44.4 Å². The fourth-order valence-electron chi connectivity index (χ4n) is 3.22. The third-order valence-electron chi connectivity index (χ3n) is 4.27. The minimum Gasteiger partial charge on any atom is -0.486 e. The van der Waals surface area contributed by atoms with Gasteiger partial charge in [-0.05, 0) is 30.4 Å². The Morgan fingerprint density at radius 2 is 2.05 bits per heavy atom. The summed E-state index contributed by atoms with van der Waals surface area (Å²) in [5.41, 5.74) is 1.95. The minimum absolute atomic E-state index is 0.172. The topological polar surface area (TPSA) is 55.8 Å². The van der Waals surface area contributed by atoms with Crippen molar-refractivity contribution >= 4 is 21.9 Å². The number of hydrogen-bond acceptors (Lipinski definition) is 3. The summed E-state index contributed by atoms with van der Waals surface area (Å²) in [6.45, 7) is 5.32. The maximum Gasteiger partial charge on any atom is 0.304 e. The number of halogens is 1. The first-order chi connectivity index (χ1) is 9.94. The molecule has 114 valence electrons. The quantitative estimate of drug-likeness (QED) is 0.891. The Bertz CT molecular complexity index is 590. The Morgan fingerprint density at radius 1 is 1.38 bits per heavy atom. The van der Waals surface area contributed by atoms with Crippen LogP contribution in [0.1, 0.15) is 50.2 Å². The van der Waals surface area contributed by atoms with Crippen LogP contribution in [0.4, 0.5) is 0 Å². The molecule has 1 aliphatic carbocycles. The molecule has 0 aromatic heterocycles. The second-order valence-electron chi connectivity index (χ2n) is 6.18. The second kappa shape index (κ2) is 5.20. The van der Waals surface area contributed by atoms with Gasteiger partial charge in [0.1, 0.15) is 13.2 Å². The highest BCUT2D eigenvalue weighted by atomic mass is 79.9. The Kier molecular flexibility index (Phi) is 3.64. The van der Waals surface area contributed by atoms with E-state index in [4.69, 9.17) is 9.47 Å². The monoisotopic (exact) mass is 354 g/mol. The van der Waals surface area contributed by atoms with Gasteiger partial charge in [0.25, 0.3) is 0 Å². The van der Waals surface area contributed by atoms with Crippen LogP contribution in [0.5, 0.6) is 11.5 Å². The van der Waals surface area contributed by atoms with E-state index < -0.39 is 5.97 Å². The lowest BCUT2D eigenvalue weighted by Gasteiger charge is -2.29. The van der Waals surface area contributed by atoms with Crippen LogP contribution in [0, 0.1) is 0 Å². The number of carboxylic acid groups (broad SMARTS) is 1. The van der Waals surface area contributed by atoms with Gasteiger partial charge < -0.3 is 14.6 Å². The van der Waals surface area contributed by atoms with Gasteiger partial charge in [0.15, 0.2) is 11.5 Å². The van der Waals surface area contributed by atoms with Crippen molar-refractivity contribution in [2.24, 2.45) is 0 Å². The van der Waals surface area contributed by atoms with Crippen LogP contribution in [0.25, 0.3) is 0 Å². The molecule has 21 heavy (non-hydrogen) atoms. The average Bonchev–Trinajstić information content (AvgIpc) is 3.16. The van der Waals surface area contributed by atoms with E-state index in [1.54, 1.807) is 0 Å². The number of benzene rings is 1. The molecule has 1 aromatic carbocycles. The molecule has 1 aromatic rings. The molecule has 0 spiro atoms. The van der Waals surface area contributed by atoms with E-state index in [0.717, 1.165) is 39.9 Å². The summed E-state index contributed by atoms with van der Waals surface area (Å²) in [6.07, 6.45) is 2.00. The normalized spacial score (nSPS) is 18.7. The zero-order chi connectivity index (χ0) is 15.2. The largest absolute Gasteiger partial charge is 0.486 e. The van der Waals surface area contributed by atoms with Crippen LogP contribution in [0.3, 0.4) is 0 Å². The molecule has 1 N–H and O–H groups in total. The minimum atomic E-state index is -0.746. The highest BCUT2D eigenvalue weighted by molar-refractivity contribution is 9.10. The van der Waals surface area contributed by atoms with Crippen LogP contribution < -0.4 is 9.47 Å². The number of rotatable bonds is 4. The number of carboxylic acids is 1. The summed E-state index contributed by atoms with van der Waals surface area (Å²) in [6, 6.07) is 1.93. The smallest absolute Gasteiger partial charge is 0.304 e. The SMILES string of the molecule is CC(C)c1c2c(cc(Br)c1C1(CC(=O)O)CC1)OCCO2. The molecule has 1 fully saturated rings. The maximum absolute atomic E-state index is 11.2. The number of carbonyl (C=O) groups is 1. The molecule has 1 aliphatic heterocycles. The first kappa shape index (κ1) is 14.7. The van der Waals surface area contributed by atoms with Crippen LogP contribution in [-0.2, 0) is 10.2 Å². The summed E-state index contributed by atoms with van der Waals surface area (Å²) >= 11 is 3.63. The molecule has 0 atom stereocenters. The number of hydrogen-bond donors (Lipinski definition) is 1. The van der Waals surface area contributed by atoms with Crippen LogP contribution >= 0.6 is 15.9 Å². The Hall–Kier alpha value is -1.23. The van der Waals surface area contributed by atoms with E-state index in [1.807, 2.05) is 6.07 Å². The van der Waals surface area contributed by atoms with E-state index in [1.165, 1.54) is 0 Å². The first-order valence-corrected chi connectivity index (χ1v) is 8.08. The molecule has 0 radical (unpaired) electrons. The van der Waals surface area contributed by atoms with Crippen LogP contribution in [0.15, 0.2) is 10.5 Å². The van der Waals surface area contributed by atoms with E-state index >= 15 is 0 Å². The van der Waals surface area contributed by atoms with Crippen LogP contribution in [0.2, 0.25) is 0 Å². The van der Waals surface area contributed by atoms with Crippen molar-refractivity contribution in [1.29, 1.82) is 0 Å². The summed E-state index contributed by atoms with van der Waals surface area (Å²) in [5.74, 6) is 1.06. The fraction of sp³-hybridized carbons (Fsp3) is 0.562. The Morgan fingerprint density at radius 3 is 2.62 bits per heavy atom. The lowest BCUT2D eigenvalue weighted by Crippen LogP contribution is -2.21. The summed E-state index contributed by atoms with van der Waals surface area (Å²) in [7, 11) is 0. The van der Waals surface area contributed by atoms with Crippen LogP contribution in [-0.4, -0.2) is 24.3 Å². The van der Waals surface area contributed by atoms with Crippen molar-refractivity contribution in [3.63, 3.8) is 0 Å². The maximum atomic E-state index is 11.2. The molecular weight excluding hydrogens is 336 g/mol. The Balaban J connectivity index is 2.18. The van der Waals surface area contributed by atoms with Gasteiger partial charge in [-0.2, -0.15) is 0 Å². The van der Waals surface area contributed by atoms with Crippen molar-refractivity contribution in [3.8, 4) is 11.5 Å². The number of fused-ring (bicyclic) bond motifs is 1. The summed E-state index contributed by atoms with van der Waals surface area (Å²) in [4.78, 5) is 11.2. The molecule has 1 heterocycles. The fourth-order valence-corrected chi connectivity index (χ4v) is 4.07. The molecule has 3 rings (SSSR count). The van der Waals surface area contributed by atoms with E-state index in [0.29, 0.717) is 13.2 Å². The lowest BCUT2D eigenvalue weighted by molar-refractivity contribution is -0.137. The molecule has 2 aliphatic rings. The number of ether oxygens (including phenoxy) is 2. The van der Waals surface area contributed by atoms with Gasteiger partial charge in [-0.15, -0.1) is 0 Å². The van der Waals surface area contributed by atoms with E-state index in [9.17, 15) is 9.90 Å². The van der Waals surface area contributed by atoms with Crippen molar-refractivity contribution in [1.82, 2.24) is 0 Å². The zero-order valence-corrected chi connectivity index (χ0v) is 13.8. The highest BCUT2D eigenvalue weighted by Gasteiger charge is 2.49. The predicted octanol–water partition coefficient (Wildman–Crippen LogP) is 3.85. The van der Waals surface area contributed by atoms with E-state index in [2.05, 4.69) is 29.8 Å². The second-order valence-corrected chi connectivity index (χ2v) is 7.03. The van der Waals surface area contributed by atoms with Gasteiger partial charge in [-0.25, -0.2) is 0 Å². The Labute approximate surface area is 132 Å². The van der Waals surface area contributed by atoms with Gasteiger partial charge in [-0.1, -0.05) is 29.8 Å². The summed E-state index contributed by atoms with van der Waals surface area (Å²) in [5, 5.41) is 9.24. The molecule has 0 unspecified atom stereocenters. The van der Waals surface area contributed by atoms with E-state index in [-0.39, 0.29) is 17.8 Å². The summed E-state index contributed by atoms with van der Waals surface area (Å²) < 4.78 is 12.5. The third kappa shape index (κ3) is 2.52. The molecule has 5 heteroatoms. The molecule has 4 nitrogen and oxygen atoms in total. The molecule has 1 saturated carbocycles. The highest BCUT2D eigenvalue weighted by Crippen LogP contribution is 2.58. The molecule has 0 amide bonds. The van der Waals surface area contributed by atoms with Crippen molar-refractivity contribution in [2.75, 3.05) is 13.2 Å². The predicted molar refractivity (Wildman–Crippen MR) is 82.4 cm³/mol. The average molecular weight is 355 g/mol. The van der Waals surface area contributed by atoms with Gasteiger partial charge >= 0.3 is 5.97 Å². The lowest BCUT2D eigenvalue weighted by atomic mass is 9.83. The standard InChI is InChI=1S/C16H19BrO4/c1-9(2)13-14(16(3-4-16)8-12(18)19)10(17)7-11-15(13)21-6-5-20-11/h7,9H,3-6,8H2,1-2H3,(H,18,19). The van der Waals surface area contributed by atoms with Gasteiger partial charge in [-0.3, -0.25) is 4.79 Å². The van der Waals surface area contributed by atoms with Gasteiger partial charge in [0.2, 0.25) is 0 Å².